The molecule has 2 aliphatic carbocycles. The summed E-state index contributed by atoms with van der Waals surface area (Å²) in [5.74, 6) is 1.70. The van der Waals surface area contributed by atoms with Crippen LogP contribution in [0.5, 0.6) is 0 Å². The number of hydrogen-bond donors (Lipinski definition) is 1. The van der Waals surface area contributed by atoms with E-state index in [4.69, 9.17) is 14.7 Å². The summed E-state index contributed by atoms with van der Waals surface area (Å²) in [5.41, 5.74) is 3.12. The fraction of sp³-hybridized carbons (Fsp3) is 0.447. The van der Waals surface area contributed by atoms with Crippen LogP contribution in [0.15, 0.2) is 71.1 Å². The van der Waals surface area contributed by atoms with Crippen molar-refractivity contribution < 1.29 is 17.9 Å². The number of piperidine rings is 1. The van der Waals surface area contributed by atoms with Gasteiger partial charge >= 0.3 is 6.18 Å². The number of nitrogens with one attached hydrogen (secondary N) is 1. The maximum atomic E-state index is 14.3. The number of pyridine rings is 1. The smallest absolute Gasteiger partial charge is 0.434 e. The third-order valence-electron chi connectivity index (χ3n) is 9.48. The van der Waals surface area contributed by atoms with Crippen molar-refractivity contribution in [3.05, 3.63) is 94.3 Å². The molecular formula is C38H44F3N7O2. The number of rotatable bonds is 10. The van der Waals surface area contributed by atoms with Crippen LogP contribution in [0.2, 0.25) is 0 Å². The van der Waals surface area contributed by atoms with E-state index in [9.17, 15) is 18.0 Å². The molecule has 3 fully saturated rings. The number of imidazole rings is 1. The molecule has 0 amide bonds. The molecule has 2 saturated carbocycles. The number of halogens is 3. The molecule has 4 aromatic rings. The van der Waals surface area contributed by atoms with Gasteiger partial charge in [0.2, 0.25) is 0 Å². The zero-order chi connectivity index (χ0) is 35.6. The van der Waals surface area contributed by atoms with Crippen molar-refractivity contribution in [1.29, 1.82) is 0 Å². The van der Waals surface area contributed by atoms with Crippen LogP contribution in [-0.2, 0) is 17.5 Å². The molecule has 50 heavy (non-hydrogen) atoms. The van der Waals surface area contributed by atoms with Gasteiger partial charge in [-0.05, 0) is 76.1 Å². The van der Waals surface area contributed by atoms with Crippen molar-refractivity contribution in [1.82, 2.24) is 29.4 Å². The fourth-order valence-electron chi connectivity index (χ4n) is 6.57. The molecule has 0 atom stereocenters. The van der Waals surface area contributed by atoms with E-state index in [1.54, 1.807) is 34.6 Å². The van der Waals surface area contributed by atoms with Crippen molar-refractivity contribution in [2.24, 2.45) is 10.9 Å². The Balaban J connectivity index is 0.00000212. The van der Waals surface area contributed by atoms with Gasteiger partial charge in [-0.3, -0.25) is 14.4 Å². The molecule has 1 aliphatic heterocycles. The molecule has 264 valence electrons. The minimum absolute atomic E-state index is 0.0254. The SMILES string of the molecule is C=CN=C(/C(=C(\C)OC)c1ncc2cc(C3CCNCC3)c(=O)n(Cc3ccc(-c4nc(C(F)(F)F)cn4C4CC4)cc3)c2n1)C1CC1.CC. The number of allylic oxidation sites excluding steroid dienone is 2. The molecule has 0 bridgehead atoms. The van der Waals surface area contributed by atoms with Gasteiger partial charge in [0.15, 0.2) is 11.5 Å². The maximum absolute atomic E-state index is 14.3. The Labute approximate surface area is 290 Å². The number of alkyl halides is 3. The van der Waals surface area contributed by atoms with Crippen LogP contribution in [0.25, 0.3) is 28.0 Å². The van der Waals surface area contributed by atoms with Gasteiger partial charge in [0.05, 0.1) is 24.9 Å². The van der Waals surface area contributed by atoms with Gasteiger partial charge in [-0.25, -0.2) is 15.0 Å². The molecule has 3 aliphatic rings. The normalized spacial score (nSPS) is 17.6. The third kappa shape index (κ3) is 7.31. The first-order valence-electron chi connectivity index (χ1n) is 17.5. The quantitative estimate of drug-likeness (QED) is 0.134. The van der Waals surface area contributed by atoms with Crippen LogP contribution < -0.4 is 10.9 Å². The van der Waals surface area contributed by atoms with Gasteiger partial charge < -0.3 is 14.6 Å². The third-order valence-corrected chi connectivity index (χ3v) is 9.48. The van der Waals surface area contributed by atoms with Gasteiger partial charge in [-0.15, -0.1) is 0 Å². The molecule has 4 heterocycles. The molecule has 9 nitrogen and oxygen atoms in total. The van der Waals surface area contributed by atoms with E-state index in [2.05, 4.69) is 21.9 Å². The highest BCUT2D eigenvalue weighted by molar-refractivity contribution is 6.25. The molecule has 7 rings (SSSR count). The van der Waals surface area contributed by atoms with E-state index >= 15 is 0 Å². The Hall–Kier alpha value is -4.58. The molecule has 1 aromatic carbocycles. The Bertz CT molecular complexity index is 1980. The van der Waals surface area contributed by atoms with Crippen molar-refractivity contribution in [2.75, 3.05) is 20.2 Å². The number of nitrogens with zero attached hydrogens (tertiary/aromatic N) is 6. The summed E-state index contributed by atoms with van der Waals surface area (Å²) in [7, 11) is 1.60. The first-order valence-corrected chi connectivity index (χ1v) is 17.5. The Morgan fingerprint density at radius 3 is 2.38 bits per heavy atom. The van der Waals surface area contributed by atoms with Gasteiger partial charge in [-0.1, -0.05) is 44.7 Å². The molecule has 1 saturated heterocycles. The summed E-state index contributed by atoms with van der Waals surface area (Å²) in [6, 6.07) is 9.19. The van der Waals surface area contributed by atoms with Gasteiger partial charge in [-0.2, -0.15) is 13.2 Å². The van der Waals surface area contributed by atoms with Crippen LogP contribution in [0.3, 0.4) is 0 Å². The number of aromatic nitrogens is 5. The van der Waals surface area contributed by atoms with Crippen molar-refractivity contribution in [3.63, 3.8) is 0 Å². The van der Waals surface area contributed by atoms with Gasteiger partial charge in [0, 0.05) is 47.1 Å². The van der Waals surface area contributed by atoms with Crippen molar-refractivity contribution >= 4 is 22.3 Å². The van der Waals surface area contributed by atoms with E-state index in [0.717, 1.165) is 80.0 Å². The van der Waals surface area contributed by atoms with E-state index in [1.807, 2.05) is 39.0 Å². The molecule has 1 N–H and O–H groups in total. The van der Waals surface area contributed by atoms with Crippen molar-refractivity contribution in [2.45, 2.75) is 84.0 Å². The lowest BCUT2D eigenvalue weighted by Gasteiger charge is -2.24. The monoisotopic (exact) mass is 687 g/mol. The lowest BCUT2D eigenvalue weighted by Crippen LogP contribution is -2.32. The number of fused-ring (bicyclic) bond motifs is 1. The van der Waals surface area contributed by atoms with Crippen molar-refractivity contribution in [3.8, 4) is 11.4 Å². The molecule has 0 unspecified atom stereocenters. The zero-order valence-corrected chi connectivity index (χ0v) is 29.1. The van der Waals surface area contributed by atoms with Gasteiger partial charge in [0.1, 0.15) is 17.2 Å². The fourth-order valence-corrected chi connectivity index (χ4v) is 6.57. The molecule has 12 heteroatoms. The molecular weight excluding hydrogens is 643 g/mol. The van der Waals surface area contributed by atoms with Crippen LogP contribution >= 0.6 is 0 Å². The number of methoxy groups -OCH3 is 1. The average molecular weight is 688 g/mol. The Morgan fingerprint density at radius 2 is 1.78 bits per heavy atom. The largest absolute Gasteiger partial charge is 0.501 e. The first kappa shape index (κ1) is 35.3. The topological polar surface area (TPSA) is 99.2 Å². The predicted octanol–water partition coefficient (Wildman–Crippen LogP) is 7.92. The summed E-state index contributed by atoms with van der Waals surface area (Å²) in [5, 5.41) is 4.12. The van der Waals surface area contributed by atoms with E-state index in [0.29, 0.717) is 34.2 Å². The number of aliphatic imine (C=N–C) groups is 1. The van der Waals surface area contributed by atoms with E-state index in [1.165, 1.54) is 6.20 Å². The van der Waals surface area contributed by atoms with Crippen LogP contribution in [0, 0.1) is 5.92 Å². The number of benzene rings is 1. The summed E-state index contributed by atoms with van der Waals surface area (Å²) in [4.78, 5) is 32.6. The number of hydrogen-bond acceptors (Lipinski definition) is 7. The maximum Gasteiger partial charge on any atom is 0.434 e. The second kappa shape index (κ2) is 14.7. The van der Waals surface area contributed by atoms with Crippen LogP contribution in [-0.4, -0.2) is 50.0 Å². The highest BCUT2D eigenvalue weighted by atomic mass is 19.4. The first-order chi connectivity index (χ1) is 24.2. The van der Waals surface area contributed by atoms with Gasteiger partial charge in [0.25, 0.3) is 5.56 Å². The highest BCUT2D eigenvalue weighted by Crippen LogP contribution is 2.41. The second-order valence-corrected chi connectivity index (χ2v) is 12.9. The molecule has 0 spiro atoms. The number of ether oxygens (including phenoxy) is 1. The Kier molecular flexibility index (Phi) is 10.4. The summed E-state index contributed by atoms with van der Waals surface area (Å²) in [6.45, 7) is 11.5. The van der Waals surface area contributed by atoms with Crippen LogP contribution in [0.4, 0.5) is 13.2 Å². The average Bonchev–Trinajstić information content (AvgIpc) is 4.08. The molecule has 0 radical (unpaired) electrons. The minimum Gasteiger partial charge on any atom is -0.501 e. The Morgan fingerprint density at radius 1 is 1.08 bits per heavy atom. The lowest BCUT2D eigenvalue weighted by molar-refractivity contribution is -0.140. The second-order valence-electron chi connectivity index (χ2n) is 12.9. The van der Waals surface area contributed by atoms with E-state index < -0.39 is 11.9 Å². The zero-order valence-electron chi connectivity index (χ0n) is 29.1. The lowest BCUT2D eigenvalue weighted by atomic mass is 9.90. The predicted molar refractivity (Wildman–Crippen MR) is 190 cm³/mol. The molecule has 3 aromatic heterocycles. The summed E-state index contributed by atoms with van der Waals surface area (Å²) in [6.07, 6.45) is 5.22. The standard InChI is InChI=1S/C36H38F3N7O2.C2H6/c1-4-41-31(24-9-10-24)30(21(2)48-3)32-42-18-26-17-28(23-13-15-40-16-14-23)35(47)46(34(26)44-32)19-22-5-7-25(8-6-22)33-43-29(36(37,38)39)20-45(33)27-11-12-27;1-2/h4-8,17-18,20,23-24,27,40H,1,9-16,19H2,2-3H3;1-2H3/b30-21-,41-31?;. The van der Waals surface area contributed by atoms with E-state index in [-0.39, 0.29) is 30.0 Å². The highest BCUT2D eigenvalue weighted by Gasteiger charge is 2.37. The summed E-state index contributed by atoms with van der Waals surface area (Å²) >= 11 is 0. The minimum atomic E-state index is -4.52. The summed E-state index contributed by atoms with van der Waals surface area (Å²) < 4.78 is 49.6. The van der Waals surface area contributed by atoms with Crippen LogP contribution in [0.1, 0.15) is 93.9 Å².